The van der Waals surface area contributed by atoms with Crippen LogP contribution in [0.15, 0.2) is 52.7 Å². The number of fused-ring (bicyclic) bond motifs is 1. The molecule has 0 radical (unpaired) electrons. The number of nitrogens with zero attached hydrogens (tertiary/aromatic N) is 2. The normalized spacial score (nSPS) is 30.8. The van der Waals surface area contributed by atoms with Gasteiger partial charge in [0.2, 0.25) is 0 Å². The minimum atomic E-state index is 0.0249. The molecule has 0 saturated heterocycles. The van der Waals surface area contributed by atoms with Crippen LogP contribution in [0, 0.1) is 17.3 Å². The van der Waals surface area contributed by atoms with E-state index in [2.05, 4.69) is 76.1 Å². The lowest BCUT2D eigenvalue weighted by Gasteiger charge is -2.38. The van der Waals surface area contributed by atoms with E-state index in [1.54, 1.807) is 0 Å². The van der Waals surface area contributed by atoms with E-state index in [9.17, 15) is 0 Å². The highest BCUT2D eigenvalue weighted by Crippen LogP contribution is 2.39. The van der Waals surface area contributed by atoms with Crippen LogP contribution in [0.25, 0.3) is 0 Å². The van der Waals surface area contributed by atoms with Gasteiger partial charge in [0, 0.05) is 36.3 Å². The SMILES string of the molecule is CCCC(CCC)C1=NC2C=C(C3=CC[C@H](C)CN3C)C=CC2(C)C=C1. The standard InChI is InChI=1S/C24H36N2/c1-6-8-19(9-7-2)21-13-15-24(4)14-12-20(16-23(24)25-21)22-11-10-18(3)17-26(22)5/h11-16,18-19,23H,6-10,17H2,1-5H3/t18-,23?,24?/m0/s1. The van der Waals surface area contributed by atoms with Crippen molar-refractivity contribution in [1.29, 1.82) is 0 Å². The second kappa shape index (κ2) is 7.98. The Morgan fingerprint density at radius 3 is 2.54 bits per heavy atom. The number of rotatable bonds is 6. The van der Waals surface area contributed by atoms with Crippen molar-refractivity contribution in [2.45, 2.75) is 65.8 Å². The molecule has 3 atom stereocenters. The van der Waals surface area contributed by atoms with Crippen molar-refractivity contribution >= 4 is 5.71 Å². The fourth-order valence-electron chi connectivity index (χ4n) is 4.57. The van der Waals surface area contributed by atoms with Gasteiger partial charge in [0.1, 0.15) is 0 Å². The van der Waals surface area contributed by atoms with Crippen LogP contribution in [0.5, 0.6) is 0 Å². The molecule has 0 aromatic heterocycles. The predicted octanol–water partition coefficient (Wildman–Crippen LogP) is 5.94. The van der Waals surface area contributed by atoms with Gasteiger partial charge in [-0.15, -0.1) is 0 Å². The van der Waals surface area contributed by atoms with Crippen molar-refractivity contribution in [2.75, 3.05) is 13.6 Å². The van der Waals surface area contributed by atoms with Gasteiger partial charge in [-0.2, -0.15) is 0 Å². The van der Waals surface area contributed by atoms with Gasteiger partial charge in [0.15, 0.2) is 0 Å². The monoisotopic (exact) mass is 352 g/mol. The average Bonchev–Trinajstić information content (AvgIpc) is 2.61. The van der Waals surface area contributed by atoms with Gasteiger partial charge < -0.3 is 4.90 Å². The van der Waals surface area contributed by atoms with Crippen molar-refractivity contribution in [1.82, 2.24) is 4.90 Å². The van der Waals surface area contributed by atoms with Crippen molar-refractivity contribution in [3.8, 4) is 0 Å². The summed E-state index contributed by atoms with van der Waals surface area (Å²) in [6.45, 7) is 10.4. The van der Waals surface area contributed by atoms with E-state index in [1.165, 1.54) is 49.1 Å². The molecule has 0 amide bonds. The molecule has 142 valence electrons. The van der Waals surface area contributed by atoms with Crippen LogP contribution in [-0.2, 0) is 0 Å². The minimum Gasteiger partial charge on any atom is -0.374 e. The summed E-state index contributed by atoms with van der Waals surface area (Å²) in [5.41, 5.74) is 4.08. The third-order valence-electron chi connectivity index (χ3n) is 6.20. The summed E-state index contributed by atoms with van der Waals surface area (Å²) in [5, 5.41) is 0. The Morgan fingerprint density at radius 1 is 1.19 bits per heavy atom. The predicted molar refractivity (Wildman–Crippen MR) is 113 cm³/mol. The summed E-state index contributed by atoms with van der Waals surface area (Å²) >= 11 is 0. The molecule has 2 heteroatoms. The van der Waals surface area contributed by atoms with E-state index < -0.39 is 0 Å². The Kier molecular flexibility index (Phi) is 5.89. The fraction of sp³-hybridized carbons (Fsp3) is 0.625. The summed E-state index contributed by atoms with van der Waals surface area (Å²) in [6, 6.07) is 0.229. The molecule has 1 aliphatic carbocycles. The van der Waals surface area contributed by atoms with Gasteiger partial charge in [-0.25, -0.2) is 0 Å². The zero-order chi connectivity index (χ0) is 18.7. The quantitative estimate of drug-likeness (QED) is 0.577. The molecule has 0 spiro atoms. The lowest BCUT2D eigenvalue weighted by Crippen LogP contribution is -2.35. The molecular weight excluding hydrogens is 316 g/mol. The molecule has 2 heterocycles. The molecule has 3 aliphatic rings. The molecule has 0 N–H and O–H groups in total. The van der Waals surface area contributed by atoms with E-state index in [1.807, 2.05) is 0 Å². The third kappa shape index (κ3) is 3.89. The topological polar surface area (TPSA) is 15.6 Å². The van der Waals surface area contributed by atoms with Crippen molar-refractivity contribution in [3.63, 3.8) is 0 Å². The maximum absolute atomic E-state index is 5.25. The molecule has 0 bridgehead atoms. The molecule has 0 saturated carbocycles. The third-order valence-corrected chi connectivity index (χ3v) is 6.20. The Hall–Kier alpha value is -1.57. The first kappa shape index (κ1) is 19.2. The Balaban J connectivity index is 1.87. The first-order valence-electron chi connectivity index (χ1n) is 10.6. The fourth-order valence-corrected chi connectivity index (χ4v) is 4.57. The molecule has 2 aliphatic heterocycles. The van der Waals surface area contributed by atoms with Crippen molar-refractivity contribution in [3.05, 3.63) is 47.7 Å². The maximum atomic E-state index is 5.25. The molecule has 0 fully saturated rings. The summed E-state index contributed by atoms with van der Waals surface area (Å²) in [5.74, 6) is 1.36. The minimum absolute atomic E-state index is 0.0249. The largest absolute Gasteiger partial charge is 0.374 e. The lowest BCUT2D eigenvalue weighted by molar-refractivity contribution is 0.328. The van der Waals surface area contributed by atoms with Crippen LogP contribution in [0.2, 0.25) is 0 Å². The first-order valence-corrected chi connectivity index (χ1v) is 10.6. The number of dihydropyridines is 1. The summed E-state index contributed by atoms with van der Waals surface area (Å²) in [6.07, 6.45) is 20.3. The van der Waals surface area contributed by atoms with Gasteiger partial charge in [-0.1, -0.05) is 64.8 Å². The molecule has 0 aromatic rings. The van der Waals surface area contributed by atoms with Gasteiger partial charge in [-0.3, -0.25) is 4.99 Å². The number of aliphatic imine (C=N–C) groups is 1. The molecule has 26 heavy (non-hydrogen) atoms. The zero-order valence-corrected chi connectivity index (χ0v) is 17.3. The Morgan fingerprint density at radius 2 is 1.88 bits per heavy atom. The van der Waals surface area contributed by atoms with E-state index >= 15 is 0 Å². The van der Waals surface area contributed by atoms with E-state index in [0.717, 1.165) is 12.5 Å². The van der Waals surface area contributed by atoms with Crippen LogP contribution >= 0.6 is 0 Å². The molecular formula is C24H36N2. The number of allylic oxidation sites excluding steroid dienone is 3. The highest BCUT2D eigenvalue weighted by atomic mass is 15.1. The van der Waals surface area contributed by atoms with Gasteiger partial charge >= 0.3 is 0 Å². The maximum Gasteiger partial charge on any atom is 0.0815 e. The summed E-state index contributed by atoms with van der Waals surface area (Å²) in [7, 11) is 2.22. The highest BCUT2D eigenvalue weighted by Gasteiger charge is 2.35. The molecule has 2 nitrogen and oxygen atoms in total. The van der Waals surface area contributed by atoms with Gasteiger partial charge in [0.05, 0.1) is 6.04 Å². The summed E-state index contributed by atoms with van der Waals surface area (Å²) < 4.78 is 0. The molecule has 3 rings (SSSR count). The summed E-state index contributed by atoms with van der Waals surface area (Å²) in [4.78, 5) is 7.66. The van der Waals surface area contributed by atoms with Crippen LogP contribution in [-0.4, -0.2) is 30.2 Å². The Bertz CT molecular complexity index is 658. The second-order valence-electron chi connectivity index (χ2n) is 8.74. The number of likely N-dealkylation sites (N-methyl/N-ethyl adjacent to an activating group) is 1. The Labute approximate surface area is 160 Å². The second-order valence-corrected chi connectivity index (χ2v) is 8.74. The highest BCUT2D eigenvalue weighted by molar-refractivity contribution is 5.98. The van der Waals surface area contributed by atoms with E-state index in [-0.39, 0.29) is 11.5 Å². The lowest BCUT2D eigenvalue weighted by atomic mass is 9.74. The number of hydrogen-bond donors (Lipinski definition) is 0. The van der Waals surface area contributed by atoms with E-state index in [0.29, 0.717) is 5.92 Å². The van der Waals surface area contributed by atoms with Crippen molar-refractivity contribution in [2.24, 2.45) is 22.2 Å². The van der Waals surface area contributed by atoms with Crippen LogP contribution in [0.3, 0.4) is 0 Å². The van der Waals surface area contributed by atoms with Gasteiger partial charge in [0.25, 0.3) is 0 Å². The van der Waals surface area contributed by atoms with Crippen molar-refractivity contribution < 1.29 is 0 Å². The zero-order valence-electron chi connectivity index (χ0n) is 17.3. The van der Waals surface area contributed by atoms with Crippen LogP contribution in [0.4, 0.5) is 0 Å². The van der Waals surface area contributed by atoms with Crippen LogP contribution in [0.1, 0.15) is 59.8 Å². The molecule has 2 unspecified atom stereocenters. The first-order chi connectivity index (χ1) is 12.5. The number of hydrogen-bond acceptors (Lipinski definition) is 2. The smallest absolute Gasteiger partial charge is 0.0815 e. The van der Waals surface area contributed by atoms with Crippen LogP contribution < -0.4 is 0 Å². The average molecular weight is 353 g/mol. The van der Waals surface area contributed by atoms with E-state index in [4.69, 9.17) is 4.99 Å². The molecule has 0 aromatic carbocycles. The van der Waals surface area contributed by atoms with Gasteiger partial charge in [-0.05, 0) is 42.9 Å².